The van der Waals surface area contributed by atoms with Crippen molar-refractivity contribution >= 4 is 24.0 Å². The molecule has 2 rings (SSSR count). The molecule has 0 spiro atoms. The van der Waals surface area contributed by atoms with E-state index in [9.17, 15) is 9.59 Å². The molecule has 0 aliphatic carbocycles. The molecule has 4 amide bonds. The van der Waals surface area contributed by atoms with Gasteiger partial charge < -0.3 is 4.74 Å². The van der Waals surface area contributed by atoms with Crippen molar-refractivity contribution in [3.8, 4) is 5.75 Å². The third-order valence-electron chi connectivity index (χ3n) is 2.72. The van der Waals surface area contributed by atoms with Crippen LogP contribution in [0.5, 0.6) is 5.75 Å². The Morgan fingerprint density at radius 2 is 2.27 bits per heavy atom. The summed E-state index contributed by atoms with van der Waals surface area (Å²) in [5.41, 5.74) is 8.26. The van der Waals surface area contributed by atoms with E-state index in [1.807, 2.05) is 12.1 Å². The largest absolute Gasteiger partial charge is 0.496 e. The number of rotatable bonds is 4. The Morgan fingerprint density at radius 3 is 3.05 bits per heavy atom. The molecule has 22 heavy (non-hydrogen) atoms. The normalized spacial score (nSPS) is 14.4. The number of methoxy groups -OCH3 is 1. The molecule has 116 valence electrons. The number of hydrazone groups is 2. The van der Waals surface area contributed by atoms with E-state index in [0.29, 0.717) is 17.0 Å². The molecule has 0 saturated carbocycles. The van der Waals surface area contributed by atoms with Gasteiger partial charge in [0.15, 0.2) is 0 Å². The Morgan fingerprint density at radius 1 is 1.50 bits per heavy atom. The van der Waals surface area contributed by atoms with Gasteiger partial charge in [0.2, 0.25) is 0 Å². The molecule has 0 bridgehead atoms. The molecule has 0 saturated heterocycles. The highest BCUT2D eigenvalue weighted by Crippen LogP contribution is 2.14. The molecule has 0 fully saturated rings. The fourth-order valence-electron chi connectivity index (χ4n) is 1.71. The number of nitrogens with one attached hydrogen (secondary N) is 3. The van der Waals surface area contributed by atoms with Gasteiger partial charge in [0.25, 0.3) is 0 Å². The maximum absolute atomic E-state index is 11.7. The minimum Gasteiger partial charge on any atom is -0.496 e. The molecule has 1 aromatic carbocycles. The predicted molar refractivity (Wildman–Crippen MR) is 80.6 cm³/mol. The van der Waals surface area contributed by atoms with E-state index < -0.39 is 12.1 Å². The molecule has 1 heterocycles. The second-order valence-corrected chi connectivity index (χ2v) is 4.40. The fourth-order valence-corrected chi connectivity index (χ4v) is 1.71. The van der Waals surface area contributed by atoms with Gasteiger partial charge in [-0.1, -0.05) is 12.1 Å². The molecule has 3 N–H and O–H groups in total. The first-order chi connectivity index (χ1) is 10.6. The second kappa shape index (κ2) is 7.07. The van der Waals surface area contributed by atoms with Gasteiger partial charge in [-0.2, -0.15) is 10.2 Å². The molecule has 1 aliphatic rings. The molecule has 0 radical (unpaired) electrons. The SMILES string of the molecule is COc1ccccc1/C=N/NC(=O)NN1CC(C)=NNC1=O. The molecule has 0 unspecified atom stereocenters. The summed E-state index contributed by atoms with van der Waals surface area (Å²) in [6.45, 7) is 1.93. The van der Waals surface area contributed by atoms with Crippen LogP contribution < -0.4 is 21.0 Å². The average Bonchev–Trinajstić information content (AvgIpc) is 2.51. The number of para-hydroxylation sites is 1. The lowest BCUT2D eigenvalue weighted by Gasteiger charge is -2.25. The van der Waals surface area contributed by atoms with Crippen LogP contribution in [0.25, 0.3) is 0 Å². The van der Waals surface area contributed by atoms with E-state index in [4.69, 9.17) is 4.74 Å². The van der Waals surface area contributed by atoms with Crippen LogP contribution in [0.15, 0.2) is 34.5 Å². The monoisotopic (exact) mass is 304 g/mol. The summed E-state index contributed by atoms with van der Waals surface area (Å²) < 4.78 is 5.16. The Bertz CT molecular complexity index is 628. The zero-order valence-electron chi connectivity index (χ0n) is 12.2. The maximum Gasteiger partial charge on any atom is 0.356 e. The quantitative estimate of drug-likeness (QED) is 0.561. The zero-order valence-corrected chi connectivity index (χ0v) is 12.2. The van der Waals surface area contributed by atoms with Gasteiger partial charge in [-0.05, 0) is 19.1 Å². The molecule has 0 atom stereocenters. The predicted octanol–water partition coefficient (Wildman–Crippen LogP) is 0.644. The van der Waals surface area contributed by atoms with Crippen LogP contribution >= 0.6 is 0 Å². The summed E-state index contributed by atoms with van der Waals surface area (Å²) >= 11 is 0. The van der Waals surface area contributed by atoms with Crippen molar-refractivity contribution in [2.24, 2.45) is 10.2 Å². The lowest BCUT2D eigenvalue weighted by atomic mass is 10.2. The van der Waals surface area contributed by atoms with Gasteiger partial charge in [0.05, 0.1) is 25.6 Å². The van der Waals surface area contributed by atoms with Crippen LogP contribution in [0.1, 0.15) is 12.5 Å². The number of carbonyl (C=O) groups is 2. The number of ether oxygens (including phenoxy) is 1. The Labute approximate surface area is 127 Å². The van der Waals surface area contributed by atoms with Crippen molar-refractivity contribution in [2.45, 2.75) is 6.92 Å². The molecule has 9 heteroatoms. The number of benzene rings is 1. The van der Waals surface area contributed by atoms with Gasteiger partial charge in [-0.15, -0.1) is 0 Å². The van der Waals surface area contributed by atoms with Crippen molar-refractivity contribution in [1.82, 2.24) is 21.3 Å². The average molecular weight is 304 g/mol. The van der Waals surface area contributed by atoms with Crippen LogP contribution in [0, 0.1) is 0 Å². The first kappa shape index (κ1) is 15.3. The number of carbonyl (C=O) groups excluding carboxylic acids is 2. The van der Waals surface area contributed by atoms with Crippen molar-refractivity contribution in [2.75, 3.05) is 13.7 Å². The topological polar surface area (TPSA) is 107 Å². The van der Waals surface area contributed by atoms with Crippen LogP contribution in [0.2, 0.25) is 0 Å². The molecule has 1 aromatic rings. The lowest BCUT2D eigenvalue weighted by Crippen LogP contribution is -2.55. The molecule has 1 aliphatic heterocycles. The van der Waals surface area contributed by atoms with Crippen LogP contribution in [-0.4, -0.2) is 42.7 Å². The maximum atomic E-state index is 11.7. The number of amides is 4. The minimum absolute atomic E-state index is 0.204. The van der Waals surface area contributed by atoms with E-state index in [1.54, 1.807) is 26.2 Å². The van der Waals surface area contributed by atoms with E-state index >= 15 is 0 Å². The van der Waals surface area contributed by atoms with E-state index in [0.717, 1.165) is 5.01 Å². The van der Waals surface area contributed by atoms with E-state index in [2.05, 4.69) is 26.5 Å². The highest BCUT2D eigenvalue weighted by atomic mass is 16.5. The van der Waals surface area contributed by atoms with Crippen LogP contribution in [0.4, 0.5) is 9.59 Å². The zero-order chi connectivity index (χ0) is 15.9. The lowest BCUT2D eigenvalue weighted by molar-refractivity contribution is 0.173. The molecular formula is C13H16N6O3. The second-order valence-electron chi connectivity index (χ2n) is 4.40. The van der Waals surface area contributed by atoms with Gasteiger partial charge >= 0.3 is 12.1 Å². The molecule has 0 aromatic heterocycles. The molecule has 9 nitrogen and oxygen atoms in total. The van der Waals surface area contributed by atoms with Crippen LogP contribution in [0.3, 0.4) is 0 Å². The Hall–Kier alpha value is -3.10. The van der Waals surface area contributed by atoms with Gasteiger partial charge in [0.1, 0.15) is 5.75 Å². The van der Waals surface area contributed by atoms with Crippen molar-refractivity contribution in [3.05, 3.63) is 29.8 Å². The van der Waals surface area contributed by atoms with Crippen molar-refractivity contribution in [3.63, 3.8) is 0 Å². The highest BCUT2D eigenvalue weighted by molar-refractivity contribution is 5.92. The summed E-state index contributed by atoms with van der Waals surface area (Å²) in [7, 11) is 1.55. The summed E-state index contributed by atoms with van der Waals surface area (Å²) in [6, 6.07) is 6.06. The third-order valence-corrected chi connectivity index (χ3v) is 2.72. The number of hydrazine groups is 1. The third kappa shape index (κ3) is 3.95. The van der Waals surface area contributed by atoms with Gasteiger partial charge in [-0.25, -0.2) is 30.9 Å². The summed E-state index contributed by atoms with van der Waals surface area (Å²) in [5, 5.41) is 8.65. The van der Waals surface area contributed by atoms with Crippen LogP contribution in [-0.2, 0) is 0 Å². The molecular weight excluding hydrogens is 288 g/mol. The first-order valence-corrected chi connectivity index (χ1v) is 6.43. The number of urea groups is 2. The first-order valence-electron chi connectivity index (χ1n) is 6.43. The van der Waals surface area contributed by atoms with Gasteiger partial charge in [0, 0.05) is 5.56 Å². The number of nitrogens with zero attached hydrogens (tertiary/aromatic N) is 3. The smallest absolute Gasteiger partial charge is 0.356 e. The highest BCUT2D eigenvalue weighted by Gasteiger charge is 2.20. The summed E-state index contributed by atoms with van der Waals surface area (Å²) in [5.74, 6) is 0.635. The van der Waals surface area contributed by atoms with E-state index in [-0.39, 0.29) is 6.54 Å². The van der Waals surface area contributed by atoms with Crippen molar-refractivity contribution < 1.29 is 14.3 Å². The van der Waals surface area contributed by atoms with Crippen molar-refractivity contribution in [1.29, 1.82) is 0 Å². The standard InChI is InChI=1S/C13H16N6O3/c1-9-8-19(13(21)17-15-9)18-12(20)16-14-7-10-5-3-4-6-11(10)22-2/h3-7H,8H2,1-2H3,(H,17,21)(H2,16,18,20)/b14-7+. The number of hydrogen-bond acceptors (Lipinski definition) is 5. The Balaban J connectivity index is 1.89. The van der Waals surface area contributed by atoms with E-state index in [1.165, 1.54) is 6.21 Å². The minimum atomic E-state index is -0.643. The fraction of sp³-hybridized carbons (Fsp3) is 0.231. The summed E-state index contributed by atoms with van der Waals surface area (Å²) in [6.07, 6.45) is 1.45. The summed E-state index contributed by atoms with van der Waals surface area (Å²) in [4.78, 5) is 23.1. The Kier molecular flexibility index (Phi) is 4.91. The van der Waals surface area contributed by atoms with Gasteiger partial charge in [-0.3, -0.25) is 0 Å². The number of hydrogen-bond donors (Lipinski definition) is 3.